The van der Waals surface area contributed by atoms with Crippen molar-refractivity contribution in [3.05, 3.63) is 101 Å². The maximum absolute atomic E-state index is 13.9. The second kappa shape index (κ2) is 7.17. The van der Waals surface area contributed by atoms with Crippen LogP contribution in [0, 0.1) is 11.8 Å². The first kappa shape index (κ1) is 21.4. The van der Waals surface area contributed by atoms with Crippen LogP contribution in [0.3, 0.4) is 0 Å². The Morgan fingerprint density at radius 3 is 1.56 bits per heavy atom. The van der Waals surface area contributed by atoms with Gasteiger partial charge in [-0.25, -0.2) is 0 Å². The third-order valence-electron chi connectivity index (χ3n) is 7.43. The molecule has 0 spiro atoms. The van der Waals surface area contributed by atoms with E-state index in [1.165, 1.54) is 0 Å². The number of hydrogen-bond acceptors (Lipinski definition) is 3. The van der Waals surface area contributed by atoms with E-state index in [1.54, 1.807) is 31.2 Å². The molecular formula is C27H20Cl2N2O3. The predicted molar refractivity (Wildman–Crippen MR) is 130 cm³/mol. The number of nitrogens with zero attached hydrogens (tertiary/aromatic N) is 1. The lowest BCUT2D eigenvalue weighted by Gasteiger charge is -2.54. The van der Waals surface area contributed by atoms with Gasteiger partial charge < -0.3 is 5.32 Å². The van der Waals surface area contributed by atoms with Crippen LogP contribution in [0.2, 0.25) is 0 Å². The maximum Gasteiger partial charge on any atom is 0.247 e. The van der Waals surface area contributed by atoms with Gasteiger partial charge in [0.25, 0.3) is 0 Å². The zero-order valence-electron chi connectivity index (χ0n) is 18.2. The summed E-state index contributed by atoms with van der Waals surface area (Å²) in [5, 5.41) is 2.78. The molecule has 4 aliphatic rings. The van der Waals surface area contributed by atoms with Crippen LogP contribution in [0.4, 0.5) is 5.69 Å². The highest BCUT2D eigenvalue weighted by molar-refractivity contribution is 6.36. The topological polar surface area (TPSA) is 66.5 Å². The molecule has 0 aromatic heterocycles. The average molecular weight is 491 g/mol. The van der Waals surface area contributed by atoms with Gasteiger partial charge in [-0.05, 0) is 41.3 Å². The highest BCUT2D eigenvalue weighted by atomic mass is 35.5. The first-order chi connectivity index (χ1) is 16.3. The fourth-order valence-corrected chi connectivity index (χ4v) is 7.05. The molecule has 3 aromatic carbocycles. The Balaban J connectivity index is 1.48. The van der Waals surface area contributed by atoms with Crippen molar-refractivity contribution >= 4 is 46.6 Å². The number of imide groups is 1. The third kappa shape index (κ3) is 2.49. The van der Waals surface area contributed by atoms with E-state index >= 15 is 0 Å². The molecule has 7 rings (SSSR count). The van der Waals surface area contributed by atoms with E-state index in [9.17, 15) is 14.4 Å². The van der Waals surface area contributed by atoms with Gasteiger partial charge >= 0.3 is 0 Å². The summed E-state index contributed by atoms with van der Waals surface area (Å²) in [6, 6.07) is 22.8. The summed E-state index contributed by atoms with van der Waals surface area (Å²) >= 11 is 14.8. The summed E-state index contributed by atoms with van der Waals surface area (Å²) < 4.78 is 0. The van der Waals surface area contributed by atoms with E-state index in [-0.39, 0.29) is 0 Å². The zero-order chi connectivity index (χ0) is 23.8. The fraction of sp³-hybridized carbons (Fsp3) is 0.222. The number of nitrogens with one attached hydrogen (secondary N) is 1. The van der Waals surface area contributed by atoms with E-state index in [0.29, 0.717) is 5.69 Å². The number of alkyl halides is 2. The number of carbonyl (C=O) groups excluding carboxylic acids is 3. The van der Waals surface area contributed by atoms with Gasteiger partial charge in [0.2, 0.25) is 17.7 Å². The Morgan fingerprint density at radius 1 is 0.765 bits per heavy atom. The molecule has 1 N–H and O–H groups in total. The van der Waals surface area contributed by atoms with Crippen molar-refractivity contribution in [1.82, 2.24) is 4.90 Å². The molecule has 1 aliphatic heterocycles. The number of anilines is 1. The molecule has 5 nitrogen and oxygen atoms in total. The van der Waals surface area contributed by atoms with Crippen LogP contribution >= 0.6 is 23.2 Å². The van der Waals surface area contributed by atoms with Crippen LogP contribution < -0.4 is 5.32 Å². The highest BCUT2D eigenvalue weighted by Gasteiger charge is 2.73. The van der Waals surface area contributed by atoms with Gasteiger partial charge in [0, 0.05) is 5.69 Å². The summed E-state index contributed by atoms with van der Waals surface area (Å²) in [6.45, 7) is 1.55. The van der Waals surface area contributed by atoms with Gasteiger partial charge in [0.05, 0.1) is 11.8 Å². The molecule has 3 atom stereocenters. The molecule has 0 unspecified atom stereocenters. The van der Waals surface area contributed by atoms with Gasteiger partial charge in [0.15, 0.2) is 0 Å². The van der Waals surface area contributed by atoms with Gasteiger partial charge in [-0.2, -0.15) is 0 Å². The summed E-state index contributed by atoms with van der Waals surface area (Å²) in [5.41, 5.74) is 3.51. The standard InChI is InChI=1S/C27H20Cl2N2O3/c1-15(23(32)30-16-9-3-2-4-10-16)31-24(33)21-22(25(31)34)27(29)18-12-6-5-11-17(18)26(21,28)19-13-7-8-14-20(19)27/h2-15,21-22H,1H3,(H,30,32)/t15-,21-,22-,26?,27?/m1/s1. The van der Waals surface area contributed by atoms with Crippen LogP contribution in [-0.4, -0.2) is 28.7 Å². The van der Waals surface area contributed by atoms with Crippen LogP contribution in [0.15, 0.2) is 78.9 Å². The number of halogens is 2. The molecule has 1 heterocycles. The SMILES string of the molecule is C[C@H](C(=O)Nc1ccccc1)N1C(=O)[C@H]2[C@H](C1=O)C1(Cl)c3ccccc3C2(Cl)c2ccccc21. The molecular weight excluding hydrogens is 471 g/mol. The zero-order valence-corrected chi connectivity index (χ0v) is 19.7. The van der Waals surface area contributed by atoms with Crippen LogP contribution in [0.25, 0.3) is 0 Å². The minimum absolute atomic E-state index is 0.457. The second-order valence-electron chi connectivity index (χ2n) is 9.05. The average Bonchev–Trinajstić information content (AvgIpc) is 3.13. The van der Waals surface area contributed by atoms with Gasteiger partial charge in [-0.3, -0.25) is 19.3 Å². The lowest BCUT2D eigenvalue weighted by atomic mass is 9.54. The smallest absolute Gasteiger partial charge is 0.247 e. The van der Waals surface area contributed by atoms with Gasteiger partial charge in [0.1, 0.15) is 15.8 Å². The Labute approximate surface area is 206 Å². The molecule has 3 aromatic rings. The molecule has 0 radical (unpaired) electrons. The van der Waals surface area contributed by atoms with Crippen molar-refractivity contribution < 1.29 is 14.4 Å². The third-order valence-corrected chi connectivity index (χ3v) is 8.71. The molecule has 0 saturated carbocycles. The van der Waals surface area contributed by atoms with Crippen molar-refractivity contribution in [3.8, 4) is 0 Å². The molecule has 2 bridgehead atoms. The Morgan fingerprint density at radius 2 is 1.15 bits per heavy atom. The van der Waals surface area contributed by atoms with Crippen molar-refractivity contribution in [2.75, 3.05) is 5.32 Å². The molecule has 3 aliphatic carbocycles. The van der Waals surface area contributed by atoms with Crippen LogP contribution in [0.5, 0.6) is 0 Å². The molecule has 170 valence electrons. The quantitative estimate of drug-likeness (QED) is 0.430. The van der Waals surface area contributed by atoms with E-state index in [1.807, 2.05) is 54.6 Å². The van der Waals surface area contributed by atoms with E-state index in [0.717, 1.165) is 27.2 Å². The number of carbonyl (C=O) groups is 3. The molecule has 7 heteroatoms. The molecule has 34 heavy (non-hydrogen) atoms. The van der Waals surface area contributed by atoms with E-state index in [4.69, 9.17) is 23.2 Å². The molecule has 3 amide bonds. The first-order valence-electron chi connectivity index (χ1n) is 11.1. The molecule has 1 saturated heterocycles. The van der Waals surface area contributed by atoms with E-state index < -0.39 is 45.3 Å². The number of hydrogen-bond donors (Lipinski definition) is 1. The largest absolute Gasteiger partial charge is 0.324 e. The number of amides is 3. The summed E-state index contributed by atoms with van der Waals surface area (Å²) in [6.07, 6.45) is 0. The van der Waals surface area contributed by atoms with Crippen molar-refractivity contribution in [3.63, 3.8) is 0 Å². The Hall–Kier alpha value is -3.15. The fourth-order valence-electron chi connectivity index (χ4n) is 5.96. The van der Waals surface area contributed by atoms with Gasteiger partial charge in [-0.1, -0.05) is 66.7 Å². The number of rotatable bonds is 3. The minimum atomic E-state index is -1.26. The van der Waals surface area contributed by atoms with E-state index in [2.05, 4.69) is 5.32 Å². The maximum atomic E-state index is 13.9. The molecule has 1 fully saturated rings. The summed E-state index contributed by atoms with van der Waals surface area (Å²) in [7, 11) is 0. The lowest BCUT2D eigenvalue weighted by molar-refractivity contribution is -0.146. The lowest BCUT2D eigenvalue weighted by Crippen LogP contribution is -2.57. The first-order valence-corrected chi connectivity index (χ1v) is 11.9. The number of benzene rings is 3. The number of likely N-dealkylation sites (tertiary alicyclic amines) is 1. The second-order valence-corrected chi connectivity index (χ2v) is 10.2. The summed E-state index contributed by atoms with van der Waals surface area (Å²) in [4.78, 5) is 39.4. The summed E-state index contributed by atoms with van der Waals surface area (Å²) in [5.74, 6) is -3.25. The Bertz CT molecular complexity index is 1250. The number of para-hydroxylation sites is 1. The highest BCUT2D eigenvalue weighted by Crippen LogP contribution is 2.69. The minimum Gasteiger partial charge on any atom is -0.324 e. The van der Waals surface area contributed by atoms with Crippen molar-refractivity contribution in [2.45, 2.75) is 22.7 Å². The van der Waals surface area contributed by atoms with Crippen molar-refractivity contribution in [1.29, 1.82) is 0 Å². The van der Waals surface area contributed by atoms with Crippen LogP contribution in [-0.2, 0) is 24.1 Å². The van der Waals surface area contributed by atoms with Crippen LogP contribution in [0.1, 0.15) is 29.2 Å². The monoisotopic (exact) mass is 490 g/mol. The van der Waals surface area contributed by atoms with Crippen molar-refractivity contribution in [2.24, 2.45) is 11.8 Å². The predicted octanol–water partition coefficient (Wildman–Crippen LogP) is 4.61. The normalized spacial score (nSPS) is 29.3. The Kier molecular flexibility index (Phi) is 4.51. The van der Waals surface area contributed by atoms with Gasteiger partial charge in [-0.15, -0.1) is 23.2 Å².